The van der Waals surface area contributed by atoms with E-state index in [1.54, 1.807) is 0 Å². The Labute approximate surface area is 124 Å². The number of aliphatic hydroxyl groups is 1. The molecule has 20 heavy (non-hydrogen) atoms. The minimum absolute atomic E-state index is 0.220. The Balaban J connectivity index is 0.000000612. The second-order valence-electron chi connectivity index (χ2n) is 5.44. The fourth-order valence-electron chi connectivity index (χ4n) is 2.70. The summed E-state index contributed by atoms with van der Waals surface area (Å²) < 4.78 is 16.6. The van der Waals surface area contributed by atoms with Crippen LogP contribution in [0.15, 0.2) is 36.4 Å². The first kappa shape index (κ1) is 16.8. The molecule has 0 radical (unpaired) electrons. The molecular weight excluding hydrogens is 272 g/mol. The van der Waals surface area contributed by atoms with Crippen LogP contribution in [0.4, 0.5) is 0 Å². The molecule has 0 spiro atoms. The van der Waals surface area contributed by atoms with Crippen molar-refractivity contribution < 1.29 is 13.5 Å². The third kappa shape index (κ3) is 4.12. The quantitative estimate of drug-likeness (QED) is 0.866. The Bertz CT molecular complexity index is 478. The van der Waals surface area contributed by atoms with Crippen molar-refractivity contribution in [1.82, 2.24) is 0 Å². The van der Waals surface area contributed by atoms with Crippen molar-refractivity contribution in [3.8, 4) is 0 Å². The van der Waals surface area contributed by atoms with E-state index in [1.165, 1.54) is 11.1 Å². The molecule has 3 nitrogen and oxygen atoms in total. The van der Waals surface area contributed by atoms with Crippen LogP contribution in [0.3, 0.4) is 0 Å². The SMILES string of the molecule is C[C@@H]1[C@H](O)[C@H](C)C(c2ccccc2)=CC[C@H]1C.O=S=O. The zero-order valence-electron chi connectivity index (χ0n) is 12.2. The van der Waals surface area contributed by atoms with Gasteiger partial charge in [-0.15, -0.1) is 0 Å². The lowest BCUT2D eigenvalue weighted by Gasteiger charge is -2.27. The molecule has 1 aromatic rings. The molecule has 0 aromatic heterocycles. The van der Waals surface area contributed by atoms with Gasteiger partial charge in [0.1, 0.15) is 0 Å². The smallest absolute Gasteiger partial charge is 0.335 e. The van der Waals surface area contributed by atoms with E-state index < -0.39 is 11.6 Å². The fourth-order valence-corrected chi connectivity index (χ4v) is 2.70. The Morgan fingerprint density at radius 3 is 2.20 bits per heavy atom. The summed E-state index contributed by atoms with van der Waals surface area (Å²) in [5, 5.41) is 10.4. The second kappa shape index (κ2) is 8.12. The van der Waals surface area contributed by atoms with Gasteiger partial charge >= 0.3 is 11.6 Å². The Morgan fingerprint density at radius 1 is 1.10 bits per heavy atom. The molecule has 1 N–H and O–H groups in total. The molecule has 1 aromatic carbocycles. The third-order valence-corrected chi connectivity index (χ3v) is 4.26. The van der Waals surface area contributed by atoms with Gasteiger partial charge in [0.15, 0.2) is 0 Å². The summed E-state index contributed by atoms with van der Waals surface area (Å²) in [4.78, 5) is 0. The maximum absolute atomic E-state index is 10.4. The van der Waals surface area contributed by atoms with Crippen molar-refractivity contribution in [2.24, 2.45) is 17.8 Å². The van der Waals surface area contributed by atoms with Gasteiger partial charge < -0.3 is 5.11 Å². The van der Waals surface area contributed by atoms with Gasteiger partial charge in [-0.2, -0.15) is 8.42 Å². The van der Waals surface area contributed by atoms with Crippen LogP contribution in [0.5, 0.6) is 0 Å². The van der Waals surface area contributed by atoms with Crippen LogP contribution in [-0.4, -0.2) is 19.6 Å². The van der Waals surface area contributed by atoms with Gasteiger partial charge in [-0.3, -0.25) is 0 Å². The molecule has 110 valence electrons. The van der Waals surface area contributed by atoms with Gasteiger partial charge in [0.2, 0.25) is 0 Å². The van der Waals surface area contributed by atoms with Crippen molar-refractivity contribution in [1.29, 1.82) is 0 Å². The van der Waals surface area contributed by atoms with Gasteiger partial charge in [0.25, 0.3) is 0 Å². The average molecular weight is 294 g/mol. The maximum Gasteiger partial charge on any atom is 0.335 e. The molecule has 0 aliphatic heterocycles. The summed E-state index contributed by atoms with van der Waals surface area (Å²) in [6, 6.07) is 10.4. The molecule has 0 unspecified atom stereocenters. The molecular formula is C16H22O3S. The van der Waals surface area contributed by atoms with Crippen LogP contribution in [0, 0.1) is 17.8 Å². The minimum atomic E-state index is -0.750. The van der Waals surface area contributed by atoms with Gasteiger partial charge in [0.05, 0.1) is 6.10 Å². The highest BCUT2D eigenvalue weighted by Crippen LogP contribution is 2.36. The molecule has 1 aliphatic carbocycles. The van der Waals surface area contributed by atoms with Crippen molar-refractivity contribution in [2.75, 3.05) is 0 Å². The number of rotatable bonds is 1. The van der Waals surface area contributed by atoms with Gasteiger partial charge in [-0.1, -0.05) is 57.2 Å². The van der Waals surface area contributed by atoms with Gasteiger partial charge in [-0.05, 0) is 29.4 Å². The Hall–Kier alpha value is -1.26. The molecule has 4 heteroatoms. The van der Waals surface area contributed by atoms with E-state index >= 15 is 0 Å². The zero-order chi connectivity index (χ0) is 15.1. The summed E-state index contributed by atoms with van der Waals surface area (Å²) in [6.07, 6.45) is 3.14. The van der Waals surface area contributed by atoms with E-state index in [9.17, 15) is 5.11 Å². The molecule has 0 saturated heterocycles. The Kier molecular flexibility index (Phi) is 6.82. The summed E-state index contributed by atoms with van der Waals surface area (Å²) in [6.45, 7) is 6.52. The first-order valence-corrected chi connectivity index (χ1v) is 7.54. The van der Waals surface area contributed by atoms with E-state index in [0.29, 0.717) is 11.8 Å². The molecule has 4 atom stereocenters. The molecule has 0 amide bonds. The van der Waals surface area contributed by atoms with Gasteiger partial charge in [-0.25, -0.2) is 0 Å². The van der Waals surface area contributed by atoms with Crippen molar-refractivity contribution in [3.63, 3.8) is 0 Å². The van der Waals surface area contributed by atoms with Gasteiger partial charge in [0, 0.05) is 5.92 Å². The zero-order valence-corrected chi connectivity index (χ0v) is 13.0. The lowest BCUT2D eigenvalue weighted by atomic mass is 9.83. The highest BCUT2D eigenvalue weighted by atomic mass is 32.1. The largest absolute Gasteiger partial charge is 0.392 e. The minimum Gasteiger partial charge on any atom is -0.392 e. The van der Waals surface area contributed by atoms with Crippen LogP contribution in [0.1, 0.15) is 32.8 Å². The summed E-state index contributed by atoms with van der Waals surface area (Å²) in [5.74, 6) is 1.13. The Morgan fingerprint density at radius 2 is 1.65 bits per heavy atom. The van der Waals surface area contributed by atoms with Crippen LogP contribution in [-0.2, 0) is 11.6 Å². The van der Waals surface area contributed by atoms with Crippen LogP contribution < -0.4 is 0 Å². The average Bonchev–Trinajstić information content (AvgIpc) is 2.55. The molecule has 2 rings (SSSR count). The van der Waals surface area contributed by atoms with E-state index in [-0.39, 0.29) is 12.0 Å². The van der Waals surface area contributed by atoms with E-state index in [2.05, 4.69) is 51.1 Å². The summed E-state index contributed by atoms with van der Waals surface area (Å²) in [7, 11) is 0. The molecule has 0 heterocycles. The summed E-state index contributed by atoms with van der Waals surface area (Å²) >= 11 is -0.750. The lowest BCUT2D eigenvalue weighted by molar-refractivity contribution is 0.0647. The molecule has 1 aliphatic rings. The number of allylic oxidation sites excluding steroid dienone is 1. The molecule has 0 saturated carbocycles. The number of hydrogen-bond acceptors (Lipinski definition) is 3. The predicted octanol–water partition coefficient (Wildman–Crippen LogP) is 3.07. The van der Waals surface area contributed by atoms with Crippen molar-refractivity contribution >= 4 is 17.1 Å². The van der Waals surface area contributed by atoms with E-state index in [1.807, 2.05) is 6.07 Å². The van der Waals surface area contributed by atoms with Crippen molar-refractivity contribution in [3.05, 3.63) is 42.0 Å². The standard InChI is InChI=1S/C16H22O.O2S/c1-11-9-10-15(13(3)16(17)12(11)2)14-7-5-4-6-8-14;1-3-2/h4-8,10-13,16-17H,9H2,1-3H3;/t11-,12+,13-,16+;/m1./s1. The highest BCUT2D eigenvalue weighted by Gasteiger charge is 2.30. The second-order valence-corrected chi connectivity index (χ2v) is 5.58. The first-order valence-electron chi connectivity index (χ1n) is 6.88. The molecule has 0 bridgehead atoms. The fraction of sp³-hybridized carbons (Fsp3) is 0.500. The number of hydrogen-bond donors (Lipinski definition) is 1. The lowest BCUT2D eigenvalue weighted by Crippen LogP contribution is -2.28. The van der Waals surface area contributed by atoms with Crippen LogP contribution in [0.25, 0.3) is 5.57 Å². The monoisotopic (exact) mass is 294 g/mol. The normalized spacial score (nSPS) is 29.5. The molecule has 0 fully saturated rings. The van der Waals surface area contributed by atoms with E-state index in [4.69, 9.17) is 8.42 Å². The highest BCUT2D eigenvalue weighted by molar-refractivity contribution is 7.51. The topological polar surface area (TPSA) is 54.4 Å². The van der Waals surface area contributed by atoms with E-state index in [0.717, 1.165) is 6.42 Å². The number of aliphatic hydroxyl groups excluding tert-OH is 1. The number of benzene rings is 1. The first-order chi connectivity index (χ1) is 9.52. The van der Waals surface area contributed by atoms with Crippen LogP contribution >= 0.6 is 0 Å². The predicted molar refractivity (Wildman–Crippen MR) is 81.5 cm³/mol. The summed E-state index contributed by atoms with van der Waals surface area (Å²) in [5.41, 5.74) is 2.55. The van der Waals surface area contributed by atoms with Crippen LogP contribution in [0.2, 0.25) is 0 Å². The third-order valence-electron chi connectivity index (χ3n) is 4.26. The van der Waals surface area contributed by atoms with Crippen molar-refractivity contribution in [2.45, 2.75) is 33.3 Å². The maximum atomic E-state index is 10.4.